The van der Waals surface area contributed by atoms with Crippen molar-refractivity contribution < 1.29 is 14.3 Å². The number of nitrogens with one attached hydrogen (secondary N) is 1. The molecule has 0 aliphatic carbocycles. The number of aryl methyl sites for hydroxylation is 2. The molecule has 0 bridgehead atoms. The van der Waals surface area contributed by atoms with Gasteiger partial charge in [-0.2, -0.15) is 0 Å². The fourth-order valence-electron chi connectivity index (χ4n) is 3.72. The molecule has 156 valence electrons. The van der Waals surface area contributed by atoms with Crippen LogP contribution >= 0.6 is 0 Å². The van der Waals surface area contributed by atoms with Gasteiger partial charge >= 0.3 is 0 Å². The predicted molar refractivity (Wildman–Crippen MR) is 121 cm³/mol. The molecule has 0 aromatic heterocycles. The van der Waals surface area contributed by atoms with Gasteiger partial charge in [0.1, 0.15) is 11.4 Å². The molecule has 0 fully saturated rings. The third kappa shape index (κ3) is 4.08. The van der Waals surface area contributed by atoms with Crippen LogP contribution in [0.1, 0.15) is 22.3 Å². The summed E-state index contributed by atoms with van der Waals surface area (Å²) in [6, 6.07) is 22.6. The van der Waals surface area contributed by atoms with Gasteiger partial charge in [-0.25, -0.2) is 0 Å². The first-order chi connectivity index (χ1) is 15.0. The summed E-state index contributed by atoms with van der Waals surface area (Å²) in [5.74, 6) is 0.0390. The maximum absolute atomic E-state index is 13.4. The monoisotopic (exact) mass is 412 g/mol. The van der Waals surface area contributed by atoms with Gasteiger partial charge in [0.2, 0.25) is 0 Å². The Hall–Kier alpha value is -3.86. The molecule has 0 atom stereocenters. The van der Waals surface area contributed by atoms with Crippen molar-refractivity contribution in [2.75, 3.05) is 12.4 Å². The van der Waals surface area contributed by atoms with Gasteiger partial charge in [-0.3, -0.25) is 14.5 Å². The van der Waals surface area contributed by atoms with Gasteiger partial charge in [0, 0.05) is 5.69 Å². The molecule has 31 heavy (non-hydrogen) atoms. The van der Waals surface area contributed by atoms with Crippen LogP contribution in [-0.4, -0.2) is 23.8 Å². The molecule has 0 radical (unpaired) electrons. The van der Waals surface area contributed by atoms with Crippen molar-refractivity contribution in [3.63, 3.8) is 0 Å². The molecule has 5 heteroatoms. The van der Waals surface area contributed by atoms with Crippen LogP contribution < -0.4 is 10.1 Å². The normalized spacial score (nSPS) is 13.7. The molecule has 0 unspecified atom stereocenters. The Bertz CT molecular complexity index is 1170. The number of hydrogen-bond donors (Lipinski definition) is 1. The number of ether oxygens (including phenoxy) is 1. The highest BCUT2D eigenvalue weighted by Gasteiger charge is 2.39. The maximum atomic E-state index is 13.4. The Labute approximate surface area is 182 Å². The van der Waals surface area contributed by atoms with Crippen LogP contribution in [0.25, 0.3) is 5.57 Å². The van der Waals surface area contributed by atoms with Gasteiger partial charge in [-0.05, 0) is 48.7 Å². The third-order valence-electron chi connectivity index (χ3n) is 5.37. The van der Waals surface area contributed by atoms with Crippen LogP contribution in [0, 0.1) is 13.8 Å². The molecule has 3 aromatic carbocycles. The molecule has 1 heterocycles. The second-order valence-electron chi connectivity index (χ2n) is 7.60. The smallest absolute Gasteiger partial charge is 0.278 e. The number of benzene rings is 3. The first kappa shape index (κ1) is 20.4. The average Bonchev–Trinajstić information content (AvgIpc) is 3.00. The molecular formula is C26H24N2O3. The van der Waals surface area contributed by atoms with E-state index < -0.39 is 0 Å². The molecule has 3 aromatic rings. The van der Waals surface area contributed by atoms with Gasteiger partial charge in [-0.15, -0.1) is 0 Å². The summed E-state index contributed by atoms with van der Waals surface area (Å²) in [6.07, 6.45) is 0. The van der Waals surface area contributed by atoms with Crippen LogP contribution in [0.5, 0.6) is 5.75 Å². The van der Waals surface area contributed by atoms with Crippen molar-refractivity contribution in [2.45, 2.75) is 20.4 Å². The van der Waals surface area contributed by atoms with E-state index in [1.165, 1.54) is 4.90 Å². The van der Waals surface area contributed by atoms with E-state index in [4.69, 9.17) is 4.74 Å². The Kier molecular flexibility index (Phi) is 5.58. The standard InChI is InChI=1S/C26H24N2O3/c1-17-9-14-22(18(2)15-17)27-24-23(20-10-12-21(31-3)13-11-20)25(29)28(26(24)30)16-19-7-5-4-6-8-19/h4-15,27H,16H2,1-3H3. The van der Waals surface area contributed by atoms with Gasteiger partial charge < -0.3 is 10.1 Å². The summed E-state index contributed by atoms with van der Waals surface area (Å²) >= 11 is 0. The molecule has 0 spiro atoms. The van der Waals surface area contributed by atoms with Gasteiger partial charge in [-0.1, -0.05) is 60.2 Å². The van der Waals surface area contributed by atoms with Crippen LogP contribution in [0.2, 0.25) is 0 Å². The largest absolute Gasteiger partial charge is 0.497 e. The number of rotatable bonds is 6. The summed E-state index contributed by atoms with van der Waals surface area (Å²) < 4.78 is 5.24. The van der Waals surface area contributed by atoms with E-state index in [0.717, 1.165) is 22.4 Å². The molecule has 5 nitrogen and oxygen atoms in total. The lowest BCUT2D eigenvalue weighted by Gasteiger charge is -2.16. The number of amides is 2. The zero-order valence-electron chi connectivity index (χ0n) is 17.8. The molecule has 4 rings (SSSR count). The van der Waals surface area contributed by atoms with Crippen molar-refractivity contribution in [3.8, 4) is 5.75 Å². The summed E-state index contributed by atoms with van der Waals surface area (Å²) in [4.78, 5) is 28.1. The Morgan fingerprint density at radius 2 is 1.58 bits per heavy atom. The van der Waals surface area contributed by atoms with Gasteiger partial charge in [0.25, 0.3) is 11.8 Å². The number of carbonyl (C=O) groups is 2. The zero-order valence-corrected chi connectivity index (χ0v) is 17.8. The van der Waals surface area contributed by atoms with E-state index in [0.29, 0.717) is 16.9 Å². The highest BCUT2D eigenvalue weighted by atomic mass is 16.5. The Balaban J connectivity index is 1.76. The quantitative estimate of drug-likeness (QED) is 0.596. The summed E-state index contributed by atoms with van der Waals surface area (Å²) in [5.41, 5.74) is 5.15. The summed E-state index contributed by atoms with van der Waals surface area (Å²) in [5, 5.41) is 3.25. The average molecular weight is 412 g/mol. The maximum Gasteiger partial charge on any atom is 0.278 e. The molecule has 0 saturated carbocycles. The van der Waals surface area contributed by atoms with E-state index >= 15 is 0 Å². The lowest BCUT2D eigenvalue weighted by molar-refractivity contribution is -0.137. The predicted octanol–water partition coefficient (Wildman–Crippen LogP) is 4.70. The fraction of sp³-hybridized carbons (Fsp3) is 0.154. The van der Waals surface area contributed by atoms with Crippen LogP contribution in [0.15, 0.2) is 78.5 Å². The zero-order chi connectivity index (χ0) is 22.0. The fourth-order valence-corrected chi connectivity index (χ4v) is 3.72. The molecular weight excluding hydrogens is 388 g/mol. The van der Waals surface area contributed by atoms with E-state index in [-0.39, 0.29) is 24.1 Å². The second-order valence-corrected chi connectivity index (χ2v) is 7.60. The van der Waals surface area contributed by atoms with Crippen molar-refractivity contribution >= 4 is 23.1 Å². The first-order valence-electron chi connectivity index (χ1n) is 10.1. The number of nitrogens with zero attached hydrogens (tertiary/aromatic N) is 1. The number of methoxy groups -OCH3 is 1. The minimum absolute atomic E-state index is 0.218. The van der Waals surface area contributed by atoms with Crippen molar-refractivity contribution in [1.29, 1.82) is 0 Å². The first-order valence-corrected chi connectivity index (χ1v) is 10.1. The van der Waals surface area contributed by atoms with Gasteiger partial charge in [0.15, 0.2) is 0 Å². The number of imide groups is 1. The van der Waals surface area contributed by atoms with Crippen molar-refractivity contribution in [1.82, 2.24) is 4.90 Å². The SMILES string of the molecule is COc1ccc(C2=C(Nc3ccc(C)cc3C)C(=O)N(Cc3ccccc3)C2=O)cc1. The van der Waals surface area contributed by atoms with Crippen molar-refractivity contribution in [2.24, 2.45) is 0 Å². The van der Waals surface area contributed by atoms with Crippen LogP contribution in [0.3, 0.4) is 0 Å². The molecule has 0 saturated heterocycles. The van der Waals surface area contributed by atoms with Gasteiger partial charge in [0.05, 0.1) is 19.2 Å². The van der Waals surface area contributed by atoms with E-state index in [9.17, 15) is 9.59 Å². The minimum Gasteiger partial charge on any atom is -0.497 e. The minimum atomic E-state index is -0.334. The number of hydrogen-bond acceptors (Lipinski definition) is 4. The number of carbonyl (C=O) groups excluding carboxylic acids is 2. The highest BCUT2D eigenvalue weighted by Crippen LogP contribution is 2.33. The summed E-state index contributed by atoms with van der Waals surface area (Å²) in [6.45, 7) is 4.22. The molecule has 1 aliphatic heterocycles. The van der Waals surface area contributed by atoms with Crippen molar-refractivity contribution in [3.05, 3.63) is 101 Å². The Morgan fingerprint density at radius 1 is 0.871 bits per heavy atom. The summed E-state index contributed by atoms with van der Waals surface area (Å²) in [7, 11) is 1.59. The second kappa shape index (κ2) is 8.48. The van der Waals surface area contributed by atoms with E-state index in [1.54, 1.807) is 31.4 Å². The lowest BCUT2D eigenvalue weighted by atomic mass is 10.0. The Morgan fingerprint density at radius 3 is 2.23 bits per heavy atom. The third-order valence-corrected chi connectivity index (χ3v) is 5.37. The molecule has 1 N–H and O–H groups in total. The molecule has 2 amide bonds. The van der Waals surface area contributed by atoms with Crippen LogP contribution in [0.4, 0.5) is 5.69 Å². The lowest BCUT2D eigenvalue weighted by Crippen LogP contribution is -2.32. The number of anilines is 1. The van der Waals surface area contributed by atoms with E-state index in [2.05, 4.69) is 5.32 Å². The molecule has 1 aliphatic rings. The topological polar surface area (TPSA) is 58.6 Å². The van der Waals surface area contributed by atoms with Crippen LogP contribution in [-0.2, 0) is 16.1 Å². The van der Waals surface area contributed by atoms with E-state index in [1.807, 2.05) is 62.4 Å². The highest BCUT2D eigenvalue weighted by molar-refractivity contribution is 6.36.